The number of hydrogen-bond acceptors (Lipinski definition) is 6. The van der Waals surface area contributed by atoms with Crippen molar-refractivity contribution in [2.75, 3.05) is 0 Å². The van der Waals surface area contributed by atoms with Crippen molar-refractivity contribution in [3.63, 3.8) is 0 Å². The second-order valence-corrected chi connectivity index (χ2v) is 24.7. The monoisotopic (exact) mass is 1160 g/mol. The Balaban J connectivity index is 0.935. The summed E-state index contributed by atoms with van der Waals surface area (Å²) in [6.45, 7) is 4.71. The number of thiol groups is 5. The first-order chi connectivity index (χ1) is 39.9. The molecular weight excluding hydrogens is 1110 g/mol. The topological polar surface area (TPSA) is 0 Å². The van der Waals surface area contributed by atoms with Gasteiger partial charge in [0.2, 0.25) is 0 Å². The summed E-state index contributed by atoms with van der Waals surface area (Å²) in [6, 6.07) is 103. The van der Waals surface area contributed by atoms with Crippen LogP contribution in [-0.4, -0.2) is 0 Å². The molecule has 0 nitrogen and oxygen atoms in total. The van der Waals surface area contributed by atoms with Crippen molar-refractivity contribution in [1.29, 1.82) is 0 Å². The summed E-state index contributed by atoms with van der Waals surface area (Å²) in [4.78, 5) is 6.94. The van der Waals surface area contributed by atoms with Gasteiger partial charge in [0.1, 0.15) is 0 Å². The maximum absolute atomic E-state index is 5.30. The normalized spacial score (nSPS) is 12.2. The van der Waals surface area contributed by atoms with Gasteiger partial charge in [-0.15, -0.1) is 63.1 Å². The maximum atomic E-state index is 5.30. The summed E-state index contributed by atoms with van der Waals surface area (Å²) >= 11 is 26.3. The summed E-state index contributed by atoms with van der Waals surface area (Å²) in [7, 11) is 0. The number of rotatable bonds is 14. The fourth-order valence-corrected chi connectivity index (χ4v) is 13.7. The SMILES string of the molecule is CC(c1ccc(-c2ccc(Sc3ccc(-c4ccc(S)cc4)cc3C(C)(c3ccc(-c4ccccc4)cc3)c3cc(-c4ccc(S)cc4)ccc3S)cc2)cc1)(c1ccc(S)c(-c2ccccc2)c1)c1ccc(S)c(-c2ccccc2)c1. The Labute approximate surface area is 514 Å². The molecule has 12 rings (SSSR count). The molecule has 82 heavy (non-hydrogen) atoms. The summed E-state index contributed by atoms with van der Waals surface area (Å²) in [5.74, 6) is 0. The van der Waals surface area contributed by atoms with Gasteiger partial charge in [0, 0.05) is 45.1 Å². The molecule has 12 aromatic carbocycles. The minimum Gasteiger partial charge on any atom is -0.143 e. The molecule has 1 unspecified atom stereocenters. The average Bonchev–Trinajstić information content (AvgIpc) is 2.89. The van der Waals surface area contributed by atoms with Crippen molar-refractivity contribution in [3.05, 3.63) is 318 Å². The predicted molar refractivity (Wildman–Crippen MR) is 363 cm³/mol. The fraction of sp³-hybridized carbons (Fsp3) is 0.0526. The van der Waals surface area contributed by atoms with Crippen LogP contribution in [0.2, 0.25) is 0 Å². The highest BCUT2D eigenvalue weighted by molar-refractivity contribution is 7.99. The van der Waals surface area contributed by atoms with Crippen LogP contribution in [0.1, 0.15) is 47.2 Å². The second kappa shape index (κ2) is 23.9. The highest BCUT2D eigenvalue weighted by atomic mass is 32.2. The molecule has 0 saturated heterocycles. The third-order valence-corrected chi connectivity index (χ3v) is 19.1. The van der Waals surface area contributed by atoms with E-state index >= 15 is 0 Å². The van der Waals surface area contributed by atoms with E-state index in [2.05, 4.69) is 324 Å². The molecule has 0 aliphatic heterocycles. The molecular formula is C76H58S6. The molecule has 0 radical (unpaired) electrons. The molecule has 0 amide bonds. The Hall–Kier alpha value is -7.26. The Morgan fingerprint density at radius 2 is 0.585 bits per heavy atom. The minimum atomic E-state index is -0.667. The molecule has 0 fully saturated rings. The van der Waals surface area contributed by atoms with Crippen LogP contribution in [0, 0.1) is 0 Å². The first-order valence-corrected chi connectivity index (χ1v) is 30.4. The lowest BCUT2D eigenvalue weighted by molar-refractivity contribution is 0.664. The van der Waals surface area contributed by atoms with E-state index in [1.165, 1.54) is 33.4 Å². The molecule has 6 heteroatoms. The molecule has 398 valence electrons. The van der Waals surface area contributed by atoms with Gasteiger partial charge >= 0.3 is 0 Å². The summed E-state index contributed by atoms with van der Waals surface area (Å²) in [5.41, 5.74) is 19.4. The number of hydrogen-bond donors (Lipinski definition) is 5. The van der Waals surface area contributed by atoms with E-state index < -0.39 is 10.8 Å². The molecule has 0 spiro atoms. The van der Waals surface area contributed by atoms with Gasteiger partial charge < -0.3 is 0 Å². The zero-order valence-corrected chi connectivity index (χ0v) is 50.6. The lowest BCUT2D eigenvalue weighted by Crippen LogP contribution is -2.27. The Kier molecular flexibility index (Phi) is 16.1. The van der Waals surface area contributed by atoms with Gasteiger partial charge in [0.15, 0.2) is 0 Å². The van der Waals surface area contributed by atoms with Crippen molar-refractivity contribution in [2.24, 2.45) is 0 Å². The van der Waals surface area contributed by atoms with E-state index in [0.29, 0.717) is 0 Å². The molecule has 1 atom stereocenters. The predicted octanol–water partition coefficient (Wildman–Crippen LogP) is 22.0. The molecule has 0 aliphatic rings. The quantitative estimate of drug-likeness (QED) is 0.0534. The first-order valence-electron chi connectivity index (χ1n) is 27.3. The van der Waals surface area contributed by atoms with Gasteiger partial charge in [0.25, 0.3) is 0 Å². The lowest BCUT2D eigenvalue weighted by atomic mass is 9.70. The van der Waals surface area contributed by atoms with Crippen LogP contribution < -0.4 is 0 Å². The first kappa shape index (κ1) is 55.3. The van der Waals surface area contributed by atoms with Gasteiger partial charge in [-0.25, -0.2) is 0 Å². The number of benzene rings is 12. The minimum absolute atomic E-state index is 0.538. The molecule has 0 aromatic heterocycles. The third-order valence-electron chi connectivity index (χ3n) is 16.2. The van der Waals surface area contributed by atoms with Gasteiger partial charge in [-0.1, -0.05) is 212 Å². The van der Waals surface area contributed by atoms with Crippen LogP contribution in [-0.2, 0) is 10.8 Å². The van der Waals surface area contributed by atoms with Crippen LogP contribution >= 0.6 is 74.9 Å². The second-order valence-electron chi connectivity index (χ2n) is 21.1. The van der Waals surface area contributed by atoms with Crippen molar-refractivity contribution in [2.45, 2.75) is 58.9 Å². The van der Waals surface area contributed by atoms with Crippen molar-refractivity contribution in [1.82, 2.24) is 0 Å². The third kappa shape index (κ3) is 11.2. The zero-order valence-electron chi connectivity index (χ0n) is 45.3. The van der Waals surface area contributed by atoms with Crippen LogP contribution in [0.5, 0.6) is 0 Å². The van der Waals surface area contributed by atoms with E-state index in [0.717, 1.165) is 101 Å². The van der Waals surface area contributed by atoms with Gasteiger partial charge in [-0.2, -0.15) is 0 Å². The summed E-state index contributed by atoms with van der Waals surface area (Å²) in [6.07, 6.45) is 0. The summed E-state index contributed by atoms with van der Waals surface area (Å²) in [5, 5.41) is 0. The summed E-state index contributed by atoms with van der Waals surface area (Å²) < 4.78 is 0. The van der Waals surface area contributed by atoms with Crippen molar-refractivity contribution in [3.8, 4) is 66.8 Å². The van der Waals surface area contributed by atoms with E-state index in [9.17, 15) is 0 Å². The van der Waals surface area contributed by atoms with Crippen LogP contribution in [0.15, 0.2) is 319 Å². The van der Waals surface area contributed by atoms with Crippen LogP contribution in [0.4, 0.5) is 0 Å². The van der Waals surface area contributed by atoms with Crippen molar-refractivity contribution >= 4 is 74.9 Å². The molecule has 0 heterocycles. The highest BCUT2D eigenvalue weighted by Gasteiger charge is 2.37. The van der Waals surface area contributed by atoms with Crippen molar-refractivity contribution < 1.29 is 0 Å². The average molecular weight is 1160 g/mol. The standard InChI is InChI=1S/C76H58S6/c1-75(62-34-43-71(79)67(48-62)56-14-8-4-9-15-56,63-35-44-72(80)68(49-63)57-16-10-5-11-17-57)60-30-18-52(19-31-60)53-26-40-66(41-27-53)82-74-45-29-59(55-24-38-65(78)39-25-55)47-70(74)76(2,61-32-20-51(21-33-61)50-12-6-3-7-13-50)69-46-58(28-42-73(69)81)54-22-36-64(77)37-23-54/h3-49,77-81H,1-2H3. The molecule has 0 aliphatic carbocycles. The maximum Gasteiger partial charge on any atom is 0.0445 e. The van der Waals surface area contributed by atoms with E-state index in [4.69, 9.17) is 37.9 Å². The van der Waals surface area contributed by atoms with Crippen LogP contribution in [0.3, 0.4) is 0 Å². The Morgan fingerprint density at radius 1 is 0.256 bits per heavy atom. The highest BCUT2D eigenvalue weighted by Crippen LogP contribution is 2.50. The zero-order chi connectivity index (χ0) is 56.4. The molecule has 12 aromatic rings. The fourth-order valence-electron chi connectivity index (χ4n) is 11.4. The van der Waals surface area contributed by atoms with Crippen LogP contribution in [0.25, 0.3) is 66.8 Å². The van der Waals surface area contributed by atoms with Gasteiger partial charge in [-0.3, -0.25) is 0 Å². The largest absolute Gasteiger partial charge is 0.143 e. The molecule has 0 N–H and O–H groups in total. The lowest BCUT2D eigenvalue weighted by Gasteiger charge is -2.35. The van der Waals surface area contributed by atoms with Gasteiger partial charge in [0.05, 0.1) is 0 Å². The molecule has 0 saturated carbocycles. The Bertz CT molecular complexity index is 4110. The van der Waals surface area contributed by atoms with E-state index in [1.54, 1.807) is 11.8 Å². The van der Waals surface area contributed by atoms with Gasteiger partial charge in [-0.05, 0) is 199 Å². The molecule has 0 bridgehead atoms. The van der Waals surface area contributed by atoms with E-state index in [1.807, 2.05) is 0 Å². The Morgan fingerprint density at radius 3 is 1.05 bits per heavy atom. The smallest absolute Gasteiger partial charge is 0.0445 e. The van der Waals surface area contributed by atoms with E-state index in [-0.39, 0.29) is 0 Å².